The van der Waals surface area contributed by atoms with Crippen molar-refractivity contribution in [2.24, 2.45) is 0 Å². The predicted molar refractivity (Wildman–Crippen MR) is 98.6 cm³/mol. The molecular weight excluding hydrogens is 363 g/mol. The molecule has 0 aliphatic carbocycles. The van der Waals surface area contributed by atoms with Gasteiger partial charge in [-0.05, 0) is 37.3 Å². The molecule has 0 saturated carbocycles. The van der Waals surface area contributed by atoms with Crippen LogP contribution in [0.4, 0.5) is 11.4 Å². The number of para-hydroxylation sites is 2. The van der Waals surface area contributed by atoms with Crippen molar-refractivity contribution in [3.05, 3.63) is 52.5 Å². The summed E-state index contributed by atoms with van der Waals surface area (Å²) in [6.45, 7) is 1.95. The molecule has 1 N–H and O–H groups in total. The van der Waals surface area contributed by atoms with Crippen molar-refractivity contribution < 1.29 is 14.3 Å². The topological polar surface area (TPSA) is 58.6 Å². The molecular formula is C18H16Cl2N2O3. The first-order valence-corrected chi connectivity index (χ1v) is 8.52. The number of hydrogen-bond donors (Lipinski definition) is 1. The van der Waals surface area contributed by atoms with Crippen LogP contribution in [0.15, 0.2) is 42.5 Å². The minimum absolute atomic E-state index is 0.136. The molecule has 0 aromatic heterocycles. The van der Waals surface area contributed by atoms with Crippen LogP contribution in [-0.4, -0.2) is 24.5 Å². The van der Waals surface area contributed by atoms with Gasteiger partial charge in [0.1, 0.15) is 5.75 Å². The van der Waals surface area contributed by atoms with E-state index in [0.29, 0.717) is 27.2 Å². The molecule has 2 aromatic rings. The molecule has 0 spiro atoms. The average Bonchev–Trinajstić information content (AvgIpc) is 2.54. The van der Waals surface area contributed by atoms with Crippen molar-refractivity contribution in [1.29, 1.82) is 0 Å². The first-order chi connectivity index (χ1) is 11.9. The van der Waals surface area contributed by atoms with Gasteiger partial charge < -0.3 is 15.0 Å². The summed E-state index contributed by atoms with van der Waals surface area (Å²) in [5, 5.41) is 3.61. The summed E-state index contributed by atoms with van der Waals surface area (Å²) in [5.41, 5.74) is 1.19. The van der Waals surface area contributed by atoms with Gasteiger partial charge >= 0.3 is 0 Å². The number of ether oxygens (including phenoxy) is 1. The fourth-order valence-corrected chi connectivity index (χ4v) is 3.18. The average molecular weight is 379 g/mol. The van der Waals surface area contributed by atoms with E-state index in [0.717, 1.165) is 0 Å². The Hall–Kier alpha value is -2.24. The fourth-order valence-electron chi connectivity index (χ4n) is 2.65. The lowest BCUT2D eigenvalue weighted by atomic mass is 10.1. The molecule has 0 unspecified atom stereocenters. The second kappa shape index (κ2) is 7.33. The quantitative estimate of drug-likeness (QED) is 0.869. The summed E-state index contributed by atoms with van der Waals surface area (Å²) in [5.74, 6) is 0.233. The second-order valence-corrected chi connectivity index (χ2v) is 6.55. The Morgan fingerprint density at radius 1 is 1.20 bits per heavy atom. The van der Waals surface area contributed by atoms with E-state index < -0.39 is 6.10 Å². The maximum Gasteiger partial charge on any atom is 0.267 e. The molecule has 3 rings (SSSR count). The third-order valence-corrected chi connectivity index (χ3v) is 4.22. The minimum atomic E-state index is -0.579. The molecule has 7 heteroatoms. The predicted octanol–water partition coefficient (Wildman–Crippen LogP) is 4.14. The second-order valence-electron chi connectivity index (χ2n) is 5.67. The first kappa shape index (κ1) is 17.6. The molecule has 130 valence electrons. The Labute approximate surface area is 155 Å². The van der Waals surface area contributed by atoms with E-state index in [1.807, 2.05) is 12.1 Å². The summed E-state index contributed by atoms with van der Waals surface area (Å²) in [6.07, 6.45) is -0.443. The van der Waals surface area contributed by atoms with Crippen LogP contribution in [0.1, 0.15) is 13.3 Å². The highest BCUT2D eigenvalue weighted by atomic mass is 35.5. The van der Waals surface area contributed by atoms with Gasteiger partial charge in [0.05, 0.1) is 5.69 Å². The van der Waals surface area contributed by atoms with E-state index in [1.54, 1.807) is 42.2 Å². The van der Waals surface area contributed by atoms with E-state index in [2.05, 4.69) is 5.32 Å². The normalized spacial score (nSPS) is 16.2. The van der Waals surface area contributed by atoms with Crippen LogP contribution in [0.5, 0.6) is 5.75 Å². The van der Waals surface area contributed by atoms with Crippen LogP contribution < -0.4 is 15.0 Å². The summed E-state index contributed by atoms with van der Waals surface area (Å²) in [4.78, 5) is 26.2. The van der Waals surface area contributed by atoms with Gasteiger partial charge in [0.2, 0.25) is 5.91 Å². The Morgan fingerprint density at radius 3 is 2.60 bits per heavy atom. The lowest BCUT2D eigenvalue weighted by molar-refractivity contribution is -0.125. The molecule has 0 radical (unpaired) electrons. The van der Waals surface area contributed by atoms with Crippen molar-refractivity contribution in [2.75, 3.05) is 16.8 Å². The first-order valence-electron chi connectivity index (χ1n) is 7.77. The summed E-state index contributed by atoms with van der Waals surface area (Å²) in [7, 11) is 0. The SMILES string of the molecule is C[C@@H]1Oc2ccccc2N(CCC(=O)Nc2cc(Cl)cc(Cl)c2)C1=O. The zero-order valence-corrected chi connectivity index (χ0v) is 15.0. The van der Waals surface area contributed by atoms with Crippen molar-refractivity contribution in [3.63, 3.8) is 0 Å². The molecule has 5 nitrogen and oxygen atoms in total. The molecule has 0 fully saturated rings. The van der Waals surface area contributed by atoms with Gasteiger partial charge in [-0.2, -0.15) is 0 Å². The number of benzene rings is 2. The number of amides is 2. The van der Waals surface area contributed by atoms with Crippen LogP contribution in [0.3, 0.4) is 0 Å². The minimum Gasteiger partial charge on any atom is -0.479 e. The smallest absolute Gasteiger partial charge is 0.267 e. The van der Waals surface area contributed by atoms with Crippen molar-refractivity contribution >= 4 is 46.4 Å². The molecule has 1 aliphatic heterocycles. The molecule has 1 heterocycles. The third-order valence-electron chi connectivity index (χ3n) is 3.78. The molecule has 0 saturated heterocycles. The third kappa shape index (κ3) is 4.06. The Bertz CT molecular complexity index is 805. The van der Waals surface area contributed by atoms with E-state index in [9.17, 15) is 9.59 Å². The maximum absolute atomic E-state index is 12.4. The number of carbonyl (C=O) groups excluding carboxylic acids is 2. The van der Waals surface area contributed by atoms with Crippen LogP contribution in [0.25, 0.3) is 0 Å². The summed E-state index contributed by atoms with van der Waals surface area (Å²) < 4.78 is 5.58. The van der Waals surface area contributed by atoms with Crippen LogP contribution in [0.2, 0.25) is 10.0 Å². The highest BCUT2D eigenvalue weighted by Gasteiger charge is 2.31. The van der Waals surface area contributed by atoms with Crippen molar-refractivity contribution in [2.45, 2.75) is 19.4 Å². The van der Waals surface area contributed by atoms with Crippen molar-refractivity contribution in [3.8, 4) is 5.75 Å². The van der Waals surface area contributed by atoms with Gasteiger partial charge in [-0.15, -0.1) is 0 Å². The van der Waals surface area contributed by atoms with Gasteiger partial charge in [0.15, 0.2) is 6.10 Å². The zero-order chi connectivity index (χ0) is 18.0. The van der Waals surface area contributed by atoms with E-state index in [4.69, 9.17) is 27.9 Å². The molecule has 2 aromatic carbocycles. The van der Waals surface area contributed by atoms with Crippen molar-refractivity contribution in [1.82, 2.24) is 0 Å². The Morgan fingerprint density at radius 2 is 1.88 bits per heavy atom. The van der Waals surface area contributed by atoms with E-state index in [-0.39, 0.29) is 24.8 Å². The Kier molecular flexibility index (Phi) is 5.16. The molecule has 1 aliphatic rings. The molecule has 1 atom stereocenters. The number of carbonyl (C=O) groups is 2. The lowest BCUT2D eigenvalue weighted by Crippen LogP contribution is -2.45. The highest BCUT2D eigenvalue weighted by Crippen LogP contribution is 2.33. The standard InChI is InChI=1S/C18H16Cl2N2O3/c1-11-18(24)22(15-4-2-3-5-16(15)25-11)7-6-17(23)21-14-9-12(19)8-13(20)10-14/h2-5,8-11H,6-7H2,1H3,(H,21,23)/t11-/m0/s1. The summed E-state index contributed by atoms with van der Waals surface area (Å²) in [6, 6.07) is 12.1. The van der Waals surface area contributed by atoms with Gasteiger partial charge in [0.25, 0.3) is 5.91 Å². The van der Waals surface area contributed by atoms with Crippen LogP contribution in [-0.2, 0) is 9.59 Å². The number of nitrogens with zero attached hydrogens (tertiary/aromatic N) is 1. The van der Waals surface area contributed by atoms with Gasteiger partial charge in [-0.1, -0.05) is 35.3 Å². The highest BCUT2D eigenvalue weighted by molar-refractivity contribution is 6.35. The maximum atomic E-state index is 12.4. The van der Waals surface area contributed by atoms with Gasteiger partial charge in [-0.3, -0.25) is 9.59 Å². The number of halogens is 2. The molecule has 2 amide bonds. The van der Waals surface area contributed by atoms with Crippen LogP contribution in [0, 0.1) is 0 Å². The van der Waals surface area contributed by atoms with E-state index >= 15 is 0 Å². The monoisotopic (exact) mass is 378 g/mol. The number of rotatable bonds is 4. The van der Waals surface area contributed by atoms with Crippen LogP contribution >= 0.6 is 23.2 Å². The molecule has 0 bridgehead atoms. The Balaban J connectivity index is 1.68. The number of nitrogens with one attached hydrogen (secondary N) is 1. The van der Waals surface area contributed by atoms with Gasteiger partial charge in [0, 0.05) is 28.7 Å². The zero-order valence-electron chi connectivity index (χ0n) is 13.5. The number of hydrogen-bond acceptors (Lipinski definition) is 3. The number of fused-ring (bicyclic) bond motifs is 1. The largest absolute Gasteiger partial charge is 0.479 e. The fraction of sp³-hybridized carbons (Fsp3) is 0.222. The van der Waals surface area contributed by atoms with Gasteiger partial charge in [-0.25, -0.2) is 0 Å². The van der Waals surface area contributed by atoms with E-state index in [1.165, 1.54) is 0 Å². The summed E-state index contributed by atoms with van der Waals surface area (Å²) >= 11 is 11.8. The number of anilines is 2. The lowest BCUT2D eigenvalue weighted by Gasteiger charge is -2.32. The molecule has 25 heavy (non-hydrogen) atoms.